The number of fused-ring (bicyclic) bond motifs is 1. The number of aromatic amines is 1. The molecule has 4 N–H and O–H groups in total. The van der Waals surface area contributed by atoms with Gasteiger partial charge in [0.05, 0.1) is 12.2 Å². The summed E-state index contributed by atoms with van der Waals surface area (Å²) in [5.41, 5.74) is 3.40. The lowest BCUT2D eigenvalue weighted by Gasteiger charge is -2.07. The highest BCUT2D eigenvalue weighted by Gasteiger charge is 2.13. The van der Waals surface area contributed by atoms with Gasteiger partial charge in [0.15, 0.2) is 0 Å². The molecule has 0 aliphatic carbocycles. The number of nitrogens with one attached hydrogen (secondary N) is 2. The Morgan fingerprint density at radius 2 is 1.88 bits per heavy atom. The summed E-state index contributed by atoms with van der Waals surface area (Å²) in [6.45, 7) is 1.84. The molecule has 0 bridgehead atoms. The largest absolute Gasteiger partial charge is 0.358 e. The van der Waals surface area contributed by atoms with Crippen LogP contribution in [0.3, 0.4) is 0 Å². The van der Waals surface area contributed by atoms with Gasteiger partial charge in [-0.25, -0.2) is 17.9 Å². The zero-order valence-electron chi connectivity index (χ0n) is 14.0. The average Bonchev–Trinajstić information content (AvgIpc) is 2.83. The minimum atomic E-state index is -3.60. The van der Waals surface area contributed by atoms with E-state index in [-0.39, 0.29) is 23.9 Å². The van der Waals surface area contributed by atoms with Crippen LogP contribution in [-0.2, 0) is 27.0 Å². The highest BCUT2D eigenvalue weighted by molar-refractivity contribution is 7.88. The second-order valence-corrected chi connectivity index (χ2v) is 7.76. The monoisotopic (exact) mass is 375 g/mol. The van der Waals surface area contributed by atoms with Crippen LogP contribution in [-0.4, -0.2) is 19.3 Å². The van der Waals surface area contributed by atoms with Crippen molar-refractivity contribution in [1.29, 1.82) is 0 Å². The van der Waals surface area contributed by atoms with E-state index in [2.05, 4.69) is 10.3 Å². The highest BCUT2D eigenvalue weighted by Crippen LogP contribution is 2.24. The van der Waals surface area contributed by atoms with E-state index in [1.54, 1.807) is 30.3 Å². The zero-order valence-corrected chi connectivity index (χ0v) is 14.9. The first-order valence-corrected chi connectivity index (χ1v) is 9.59. The van der Waals surface area contributed by atoms with Gasteiger partial charge < -0.3 is 10.3 Å². The van der Waals surface area contributed by atoms with E-state index in [4.69, 9.17) is 5.14 Å². The van der Waals surface area contributed by atoms with Gasteiger partial charge in [-0.15, -0.1) is 0 Å². The Morgan fingerprint density at radius 3 is 2.54 bits per heavy atom. The van der Waals surface area contributed by atoms with Gasteiger partial charge in [-0.3, -0.25) is 4.79 Å². The van der Waals surface area contributed by atoms with E-state index < -0.39 is 10.0 Å². The van der Waals surface area contributed by atoms with Crippen molar-refractivity contribution in [3.63, 3.8) is 0 Å². The molecule has 26 heavy (non-hydrogen) atoms. The fraction of sp³-hybridized carbons (Fsp3) is 0.167. The lowest BCUT2D eigenvalue weighted by molar-refractivity contribution is -0.115. The van der Waals surface area contributed by atoms with Crippen molar-refractivity contribution in [2.45, 2.75) is 19.1 Å². The number of aryl methyl sites for hydroxylation is 1. The average molecular weight is 375 g/mol. The fourth-order valence-electron chi connectivity index (χ4n) is 2.86. The van der Waals surface area contributed by atoms with Crippen LogP contribution in [0.5, 0.6) is 0 Å². The quantitative estimate of drug-likeness (QED) is 0.638. The first kappa shape index (κ1) is 18.1. The molecule has 0 aliphatic heterocycles. The number of nitrogens with two attached hydrogens (primary N) is 1. The summed E-state index contributed by atoms with van der Waals surface area (Å²) >= 11 is 0. The lowest BCUT2D eigenvalue weighted by atomic mass is 10.1. The number of amides is 1. The van der Waals surface area contributed by atoms with Crippen molar-refractivity contribution in [2.24, 2.45) is 5.14 Å². The van der Waals surface area contributed by atoms with Gasteiger partial charge in [0.2, 0.25) is 15.9 Å². The van der Waals surface area contributed by atoms with Crippen molar-refractivity contribution < 1.29 is 17.6 Å². The van der Waals surface area contributed by atoms with E-state index in [0.717, 1.165) is 16.8 Å². The Morgan fingerprint density at radius 1 is 1.19 bits per heavy atom. The van der Waals surface area contributed by atoms with Crippen LogP contribution >= 0.6 is 0 Å². The molecule has 0 saturated heterocycles. The number of halogens is 1. The second kappa shape index (κ2) is 6.89. The number of aromatic nitrogens is 1. The van der Waals surface area contributed by atoms with Crippen LogP contribution in [0, 0.1) is 12.7 Å². The predicted molar refractivity (Wildman–Crippen MR) is 98.6 cm³/mol. The minimum Gasteiger partial charge on any atom is -0.358 e. The van der Waals surface area contributed by atoms with Crippen LogP contribution < -0.4 is 10.5 Å². The van der Waals surface area contributed by atoms with Crippen LogP contribution in [0.25, 0.3) is 10.9 Å². The smallest absolute Gasteiger partial charge is 0.228 e. The second-order valence-electron chi connectivity index (χ2n) is 6.15. The standard InChI is InChI=1S/C18H18FN3O3S/c1-11-15(16-8-13(19)4-7-17(16)21-11)9-18(23)22-14-5-2-12(3-6-14)10-26(20,24)25/h2-8,21H,9-10H2,1H3,(H,22,23)(H2,20,24,25). The molecule has 0 fully saturated rings. The SMILES string of the molecule is Cc1[nH]c2ccc(F)cc2c1CC(=O)Nc1ccc(CS(N)(=O)=O)cc1. The number of anilines is 1. The molecule has 0 radical (unpaired) electrons. The molecule has 2 aromatic carbocycles. The number of hydrogen-bond acceptors (Lipinski definition) is 3. The van der Waals surface area contributed by atoms with Gasteiger partial charge in [0.25, 0.3) is 0 Å². The van der Waals surface area contributed by atoms with E-state index in [1.165, 1.54) is 12.1 Å². The van der Waals surface area contributed by atoms with Crippen molar-refractivity contribution >= 4 is 32.5 Å². The van der Waals surface area contributed by atoms with Gasteiger partial charge in [-0.1, -0.05) is 12.1 Å². The van der Waals surface area contributed by atoms with Crippen LogP contribution in [0.15, 0.2) is 42.5 Å². The topological polar surface area (TPSA) is 105 Å². The molecule has 0 spiro atoms. The van der Waals surface area contributed by atoms with Crippen molar-refractivity contribution in [2.75, 3.05) is 5.32 Å². The molecular weight excluding hydrogens is 357 g/mol. The molecule has 0 atom stereocenters. The number of benzene rings is 2. The van der Waals surface area contributed by atoms with Gasteiger partial charge in [-0.2, -0.15) is 0 Å². The third kappa shape index (κ3) is 4.27. The molecule has 1 aromatic heterocycles. The predicted octanol–water partition coefficient (Wildman–Crippen LogP) is 2.59. The molecule has 3 rings (SSSR count). The van der Waals surface area contributed by atoms with Crippen LogP contribution in [0.4, 0.5) is 10.1 Å². The maximum Gasteiger partial charge on any atom is 0.228 e. The Hall–Kier alpha value is -2.71. The molecule has 1 heterocycles. The Labute approximate surface area is 150 Å². The number of H-pyrrole nitrogens is 1. The number of carbonyl (C=O) groups is 1. The van der Waals surface area contributed by atoms with Crippen molar-refractivity contribution in [1.82, 2.24) is 4.98 Å². The summed E-state index contributed by atoms with van der Waals surface area (Å²) in [7, 11) is -3.60. The molecule has 0 unspecified atom stereocenters. The van der Waals surface area contributed by atoms with Crippen molar-refractivity contribution in [3.8, 4) is 0 Å². The third-order valence-corrected chi connectivity index (χ3v) is 4.76. The Bertz CT molecular complexity index is 1070. The number of sulfonamides is 1. The van der Waals surface area contributed by atoms with Gasteiger partial charge in [0.1, 0.15) is 5.82 Å². The number of hydrogen-bond donors (Lipinski definition) is 3. The molecule has 3 aromatic rings. The first-order valence-electron chi connectivity index (χ1n) is 7.87. The van der Waals surface area contributed by atoms with Crippen LogP contribution in [0.1, 0.15) is 16.8 Å². The molecule has 0 aliphatic rings. The third-order valence-electron chi connectivity index (χ3n) is 4.02. The number of primary sulfonamides is 1. The Kier molecular flexibility index (Phi) is 4.80. The number of carbonyl (C=O) groups excluding carboxylic acids is 1. The zero-order chi connectivity index (χ0) is 18.9. The summed E-state index contributed by atoms with van der Waals surface area (Å²) in [5, 5.41) is 8.44. The molecule has 0 saturated carbocycles. The van der Waals surface area contributed by atoms with Gasteiger partial charge in [0, 0.05) is 22.3 Å². The lowest BCUT2D eigenvalue weighted by Crippen LogP contribution is -2.16. The molecular formula is C18H18FN3O3S. The normalized spacial score (nSPS) is 11.7. The number of rotatable bonds is 5. The minimum absolute atomic E-state index is 0.0915. The molecule has 6 nitrogen and oxygen atoms in total. The highest BCUT2D eigenvalue weighted by atomic mass is 32.2. The molecule has 1 amide bonds. The summed E-state index contributed by atoms with van der Waals surface area (Å²) in [6, 6.07) is 10.8. The fourth-order valence-corrected chi connectivity index (χ4v) is 3.52. The maximum atomic E-state index is 13.5. The summed E-state index contributed by atoms with van der Waals surface area (Å²) in [6.07, 6.45) is 0.0915. The van der Waals surface area contributed by atoms with Crippen molar-refractivity contribution in [3.05, 3.63) is 65.1 Å². The summed E-state index contributed by atoms with van der Waals surface area (Å²) < 4.78 is 35.7. The van der Waals surface area contributed by atoms with E-state index in [9.17, 15) is 17.6 Å². The van der Waals surface area contributed by atoms with E-state index in [0.29, 0.717) is 16.6 Å². The van der Waals surface area contributed by atoms with E-state index >= 15 is 0 Å². The van der Waals surface area contributed by atoms with E-state index in [1.807, 2.05) is 6.92 Å². The molecule has 8 heteroatoms. The van der Waals surface area contributed by atoms with Gasteiger partial charge >= 0.3 is 0 Å². The molecule has 136 valence electrons. The first-order chi connectivity index (χ1) is 12.2. The maximum absolute atomic E-state index is 13.5. The summed E-state index contributed by atoms with van der Waals surface area (Å²) in [5.74, 6) is -0.873. The van der Waals surface area contributed by atoms with Crippen LogP contribution in [0.2, 0.25) is 0 Å². The Balaban J connectivity index is 1.73. The summed E-state index contributed by atoms with van der Waals surface area (Å²) in [4.78, 5) is 15.5. The van der Waals surface area contributed by atoms with Gasteiger partial charge in [-0.05, 0) is 48.4 Å².